The average Bonchev–Trinajstić information content (AvgIpc) is 2.44. The highest BCUT2D eigenvalue weighted by atomic mass is 79.9. The Morgan fingerprint density at radius 3 is 2.69 bits per heavy atom. The molecular formula is C10H6Br2S. The van der Waals surface area contributed by atoms with Crippen LogP contribution in [0.15, 0.2) is 33.7 Å². The summed E-state index contributed by atoms with van der Waals surface area (Å²) in [5.41, 5.74) is 0. The topological polar surface area (TPSA) is 0 Å². The lowest BCUT2D eigenvalue weighted by Gasteiger charge is -1.82. The second-order valence-corrected chi connectivity index (χ2v) is 6.51. The molecule has 0 saturated carbocycles. The van der Waals surface area contributed by atoms with Gasteiger partial charge in [-0.15, -0.1) is 11.3 Å². The number of halogens is 2. The zero-order valence-corrected chi connectivity index (χ0v) is 10.6. The van der Waals surface area contributed by atoms with Gasteiger partial charge in [0.15, 0.2) is 0 Å². The van der Waals surface area contributed by atoms with E-state index >= 15 is 0 Å². The molecule has 0 aliphatic rings. The van der Waals surface area contributed by atoms with Gasteiger partial charge in [0.25, 0.3) is 0 Å². The Balaban J connectivity index is 2.56. The Bertz CT molecular complexity index is 420. The molecule has 3 heteroatoms. The molecule has 0 amide bonds. The Kier molecular flexibility index (Phi) is 2.86. The van der Waals surface area contributed by atoms with Gasteiger partial charge in [0.2, 0.25) is 0 Å². The summed E-state index contributed by atoms with van der Waals surface area (Å²) in [4.78, 5) is 1.25. The fourth-order valence-corrected chi connectivity index (χ4v) is 2.99. The highest BCUT2D eigenvalue weighted by Crippen LogP contribution is 2.28. The van der Waals surface area contributed by atoms with Crippen molar-refractivity contribution in [3.63, 3.8) is 0 Å². The molecule has 66 valence electrons. The van der Waals surface area contributed by atoms with E-state index < -0.39 is 0 Å². The van der Waals surface area contributed by atoms with E-state index in [0.29, 0.717) is 0 Å². The molecule has 1 aromatic heterocycles. The monoisotopic (exact) mass is 316 g/mol. The molecule has 0 saturated heterocycles. The van der Waals surface area contributed by atoms with E-state index in [0.717, 1.165) is 3.39 Å². The van der Waals surface area contributed by atoms with Crippen molar-refractivity contribution in [2.45, 2.75) is 0 Å². The van der Waals surface area contributed by atoms with Crippen LogP contribution in [0.5, 0.6) is 0 Å². The number of benzene rings is 1. The standard InChI is InChI=1S/C10H6Br2S/c11-10(12)6-8-5-7-3-1-2-4-9(7)13-8/h1-6H. The van der Waals surface area contributed by atoms with Crippen LogP contribution in [0.2, 0.25) is 0 Å². The summed E-state index contributed by atoms with van der Waals surface area (Å²) >= 11 is 8.49. The molecule has 0 unspecified atom stereocenters. The van der Waals surface area contributed by atoms with Gasteiger partial charge in [-0.25, -0.2) is 0 Å². The van der Waals surface area contributed by atoms with Gasteiger partial charge < -0.3 is 0 Å². The molecule has 13 heavy (non-hydrogen) atoms. The maximum Gasteiger partial charge on any atom is 0.0618 e. The Hall–Kier alpha value is -0.120. The summed E-state index contributed by atoms with van der Waals surface area (Å²) in [6, 6.07) is 10.6. The second-order valence-electron chi connectivity index (χ2n) is 2.62. The van der Waals surface area contributed by atoms with Gasteiger partial charge in [-0.3, -0.25) is 0 Å². The van der Waals surface area contributed by atoms with Crippen molar-refractivity contribution in [2.24, 2.45) is 0 Å². The Labute approximate surface area is 97.5 Å². The van der Waals surface area contributed by atoms with Crippen molar-refractivity contribution < 1.29 is 0 Å². The maximum atomic E-state index is 3.35. The van der Waals surface area contributed by atoms with E-state index in [9.17, 15) is 0 Å². The number of rotatable bonds is 1. The summed E-state index contributed by atoms with van der Waals surface area (Å²) in [5.74, 6) is 0. The van der Waals surface area contributed by atoms with Crippen LogP contribution < -0.4 is 0 Å². The summed E-state index contributed by atoms with van der Waals surface area (Å²) < 4.78 is 2.31. The maximum absolute atomic E-state index is 3.35. The zero-order valence-electron chi connectivity index (χ0n) is 6.63. The van der Waals surface area contributed by atoms with Crippen molar-refractivity contribution >= 4 is 59.4 Å². The van der Waals surface area contributed by atoms with Gasteiger partial charge in [-0.1, -0.05) is 18.2 Å². The SMILES string of the molecule is BrC(Br)=Cc1cc2ccccc2s1. The van der Waals surface area contributed by atoms with E-state index in [2.05, 4.69) is 68.3 Å². The number of fused-ring (bicyclic) bond motifs is 1. The fourth-order valence-electron chi connectivity index (χ4n) is 1.18. The molecule has 0 aliphatic carbocycles. The van der Waals surface area contributed by atoms with Gasteiger partial charge in [-0.05, 0) is 55.5 Å². The van der Waals surface area contributed by atoms with Crippen molar-refractivity contribution in [1.82, 2.24) is 0 Å². The third-order valence-electron chi connectivity index (χ3n) is 1.70. The van der Waals surface area contributed by atoms with E-state index in [1.165, 1.54) is 15.0 Å². The number of hydrogen-bond donors (Lipinski definition) is 0. The van der Waals surface area contributed by atoms with Crippen molar-refractivity contribution in [2.75, 3.05) is 0 Å². The second kappa shape index (κ2) is 3.95. The molecule has 2 aromatic rings. The zero-order chi connectivity index (χ0) is 9.26. The minimum atomic E-state index is 0.978. The van der Waals surface area contributed by atoms with Crippen molar-refractivity contribution in [3.05, 3.63) is 38.6 Å². The number of hydrogen-bond acceptors (Lipinski definition) is 1. The molecule has 1 aromatic carbocycles. The molecule has 0 aliphatic heterocycles. The average molecular weight is 318 g/mol. The van der Waals surface area contributed by atoms with Gasteiger partial charge >= 0.3 is 0 Å². The van der Waals surface area contributed by atoms with E-state index in [1.54, 1.807) is 11.3 Å². The lowest BCUT2D eigenvalue weighted by molar-refractivity contribution is 1.85. The summed E-state index contributed by atoms with van der Waals surface area (Å²) in [7, 11) is 0. The quantitative estimate of drug-likeness (QED) is 0.695. The minimum Gasteiger partial charge on any atom is -0.136 e. The molecule has 0 N–H and O–H groups in total. The van der Waals surface area contributed by atoms with Crippen LogP contribution >= 0.6 is 43.2 Å². The van der Waals surface area contributed by atoms with Crippen LogP contribution in [-0.4, -0.2) is 0 Å². The summed E-state index contributed by atoms with van der Waals surface area (Å²) in [5, 5.41) is 1.31. The van der Waals surface area contributed by atoms with Crippen LogP contribution in [0, 0.1) is 0 Å². The summed E-state index contributed by atoms with van der Waals surface area (Å²) in [6.07, 6.45) is 2.06. The largest absolute Gasteiger partial charge is 0.136 e. The Morgan fingerprint density at radius 2 is 2.00 bits per heavy atom. The van der Waals surface area contributed by atoms with Crippen LogP contribution in [0.3, 0.4) is 0 Å². The predicted octanol–water partition coefficient (Wildman–Crippen LogP) is 4.99. The predicted molar refractivity (Wildman–Crippen MR) is 67.7 cm³/mol. The molecule has 0 spiro atoms. The first-order valence-electron chi connectivity index (χ1n) is 3.77. The van der Waals surface area contributed by atoms with Gasteiger partial charge in [0.1, 0.15) is 0 Å². The van der Waals surface area contributed by atoms with Gasteiger partial charge in [0, 0.05) is 9.58 Å². The van der Waals surface area contributed by atoms with E-state index in [4.69, 9.17) is 0 Å². The van der Waals surface area contributed by atoms with Crippen LogP contribution in [0.1, 0.15) is 4.88 Å². The first-order valence-corrected chi connectivity index (χ1v) is 6.17. The van der Waals surface area contributed by atoms with Crippen LogP contribution in [0.4, 0.5) is 0 Å². The molecule has 0 nitrogen and oxygen atoms in total. The molecule has 0 atom stereocenters. The minimum absolute atomic E-state index is 0.978. The molecule has 1 heterocycles. The van der Waals surface area contributed by atoms with Gasteiger partial charge in [-0.2, -0.15) is 0 Å². The molecule has 0 fully saturated rings. The summed E-state index contributed by atoms with van der Waals surface area (Å²) in [6.45, 7) is 0. The fraction of sp³-hybridized carbons (Fsp3) is 0. The lowest BCUT2D eigenvalue weighted by Crippen LogP contribution is -1.57. The van der Waals surface area contributed by atoms with Crippen molar-refractivity contribution in [3.8, 4) is 0 Å². The van der Waals surface area contributed by atoms with Gasteiger partial charge in [0.05, 0.1) is 3.39 Å². The molecular weight excluding hydrogens is 312 g/mol. The first kappa shape index (κ1) is 9.44. The highest BCUT2D eigenvalue weighted by Gasteiger charge is 1.97. The lowest BCUT2D eigenvalue weighted by atomic mass is 10.2. The van der Waals surface area contributed by atoms with Crippen LogP contribution in [0.25, 0.3) is 16.2 Å². The third kappa shape index (κ3) is 2.22. The highest BCUT2D eigenvalue weighted by molar-refractivity contribution is 9.28. The normalized spacial score (nSPS) is 10.3. The molecule has 2 rings (SSSR count). The smallest absolute Gasteiger partial charge is 0.0618 e. The van der Waals surface area contributed by atoms with E-state index in [1.807, 2.05) is 0 Å². The van der Waals surface area contributed by atoms with E-state index in [-0.39, 0.29) is 0 Å². The Morgan fingerprint density at radius 1 is 1.23 bits per heavy atom. The molecule has 0 radical (unpaired) electrons. The van der Waals surface area contributed by atoms with Crippen LogP contribution in [-0.2, 0) is 0 Å². The first-order chi connectivity index (χ1) is 6.25. The van der Waals surface area contributed by atoms with Crippen molar-refractivity contribution in [1.29, 1.82) is 0 Å². The third-order valence-corrected chi connectivity index (χ3v) is 3.22. The molecule has 0 bridgehead atoms. The number of thiophene rings is 1.